The van der Waals surface area contributed by atoms with Crippen LogP contribution in [0.5, 0.6) is 5.75 Å². The lowest BCUT2D eigenvalue weighted by atomic mass is 10.1. The normalized spacial score (nSPS) is 11.5. The Morgan fingerprint density at radius 3 is 2.67 bits per heavy atom. The van der Waals surface area contributed by atoms with Crippen LogP contribution in [0.15, 0.2) is 42.6 Å². The lowest BCUT2D eigenvalue weighted by Crippen LogP contribution is -2.27. The van der Waals surface area contributed by atoms with E-state index < -0.39 is 0 Å². The van der Waals surface area contributed by atoms with E-state index in [1.54, 1.807) is 18.3 Å². The summed E-state index contributed by atoms with van der Waals surface area (Å²) < 4.78 is 5.69. The zero-order valence-electron chi connectivity index (χ0n) is 14.2. The van der Waals surface area contributed by atoms with Gasteiger partial charge >= 0.3 is 0 Å². The first-order valence-corrected chi connectivity index (χ1v) is 7.72. The maximum atomic E-state index is 12.3. The van der Waals surface area contributed by atoms with Gasteiger partial charge in [-0.05, 0) is 50.6 Å². The number of halogens is 1. The molecule has 0 spiro atoms. The highest BCUT2D eigenvalue weighted by Gasteiger charge is 2.13. The van der Waals surface area contributed by atoms with Crippen LogP contribution in [0.2, 0.25) is 0 Å². The van der Waals surface area contributed by atoms with Gasteiger partial charge in [-0.1, -0.05) is 12.1 Å². The Morgan fingerprint density at radius 2 is 2.00 bits per heavy atom. The first-order chi connectivity index (χ1) is 11.0. The molecule has 0 aliphatic carbocycles. The average Bonchev–Trinajstić information content (AvgIpc) is 2.54. The lowest BCUT2D eigenvalue weighted by Gasteiger charge is -2.17. The summed E-state index contributed by atoms with van der Waals surface area (Å²) in [5, 5.41) is 2.98. The molecule has 1 amide bonds. The van der Waals surface area contributed by atoms with Crippen molar-refractivity contribution in [3.05, 3.63) is 59.4 Å². The van der Waals surface area contributed by atoms with Crippen LogP contribution >= 0.6 is 12.4 Å². The Labute approximate surface area is 149 Å². The van der Waals surface area contributed by atoms with Crippen LogP contribution in [0.4, 0.5) is 0 Å². The van der Waals surface area contributed by atoms with Crippen LogP contribution in [0.1, 0.15) is 48.4 Å². The smallest absolute Gasteiger partial charge is 0.251 e. The van der Waals surface area contributed by atoms with Crippen LogP contribution in [-0.2, 0) is 6.54 Å². The molecule has 0 bridgehead atoms. The van der Waals surface area contributed by atoms with E-state index in [9.17, 15) is 4.79 Å². The fraction of sp³-hybridized carbons (Fsp3) is 0.333. The van der Waals surface area contributed by atoms with Crippen LogP contribution in [0, 0.1) is 0 Å². The number of nitrogens with zero attached hydrogens (tertiary/aromatic N) is 1. The van der Waals surface area contributed by atoms with Crippen molar-refractivity contribution < 1.29 is 9.53 Å². The number of hydrogen-bond acceptors (Lipinski definition) is 4. The van der Waals surface area contributed by atoms with Gasteiger partial charge in [0, 0.05) is 18.3 Å². The molecule has 3 N–H and O–H groups in total. The Hall–Kier alpha value is -2.11. The number of pyridine rings is 1. The molecule has 1 unspecified atom stereocenters. The SMILES string of the molecule is CC(C)Oc1cccc(C(C)NC(=O)c2ccnc(CN)c2)c1.Cl. The third kappa shape index (κ3) is 5.51. The molecular formula is C18H24ClN3O2. The van der Waals surface area contributed by atoms with Gasteiger partial charge in [0.1, 0.15) is 5.75 Å². The largest absolute Gasteiger partial charge is 0.491 e. The van der Waals surface area contributed by atoms with Gasteiger partial charge in [0.05, 0.1) is 17.8 Å². The van der Waals surface area contributed by atoms with Gasteiger partial charge in [-0.3, -0.25) is 9.78 Å². The highest BCUT2D eigenvalue weighted by atomic mass is 35.5. The molecule has 1 aromatic heterocycles. The minimum atomic E-state index is -0.148. The van der Waals surface area contributed by atoms with E-state index in [1.807, 2.05) is 45.0 Å². The van der Waals surface area contributed by atoms with Crippen molar-refractivity contribution in [2.75, 3.05) is 0 Å². The first-order valence-electron chi connectivity index (χ1n) is 7.72. The molecule has 0 aliphatic rings. The molecule has 6 heteroatoms. The van der Waals surface area contributed by atoms with E-state index in [-0.39, 0.29) is 30.5 Å². The molecule has 5 nitrogen and oxygen atoms in total. The van der Waals surface area contributed by atoms with E-state index in [2.05, 4.69) is 10.3 Å². The highest BCUT2D eigenvalue weighted by Crippen LogP contribution is 2.20. The minimum Gasteiger partial charge on any atom is -0.491 e. The summed E-state index contributed by atoms with van der Waals surface area (Å²) in [6.45, 7) is 6.22. The third-order valence-corrected chi connectivity index (χ3v) is 3.37. The Kier molecular flexibility index (Phi) is 7.68. The third-order valence-electron chi connectivity index (χ3n) is 3.37. The standard InChI is InChI=1S/C18H23N3O2.ClH/c1-12(2)23-17-6-4-5-14(10-17)13(3)21-18(22)15-7-8-20-16(9-15)11-19;/h4-10,12-13H,11,19H2,1-3H3,(H,21,22);1H. The molecule has 0 saturated heterocycles. The monoisotopic (exact) mass is 349 g/mol. The Balaban J connectivity index is 0.00000288. The van der Waals surface area contributed by atoms with Gasteiger partial charge in [0.2, 0.25) is 0 Å². The molecule has 1 aromatic carbocycles. The molecular weight excluding hydrogens is 326 g/mol. The fourth-order valence-electron chi connectivity index (χ4n) is 2.22. The molecule has 1 heterocycles. The number of benzene rings is 1. The maximum Gasteiger partial charge on any atom is 0.251 e. The Morgan fingerprint density at radius 1 is 1.25 bits per heavy atom. The summed E-state index contributed by atoms with van der Waals surface area (Å²) in [6.07, 6.45) is 1.71. The summed E-state index contributed by atoms with van der Waals surface area (Å²) in [5.74, 6) is 0.651. The number of nitrogens with two attached hydrogens (primary N) is 1. The lowest BCUT2D eigenvalue weighted by molar-refractivity contribution is 0.0939. The van der Waals surface area contributed by atoms with Gasteiger partial charge in [0.15, 0.2) is 0 Å². The van der Waals surface area contributed by atoms with Crippen molar-refractivity contribution in [3.8, 4) is 5.75 Å². The van der Waals surface area contributed by atoms with E-state index >= 15 is 0 Å². The number of ether oxygens (including phenoxy) is 1. The molecule has 24 heavy (non-hydrogen) atoms. The predicted octanol–water partition coefficient (Wildman–Crippen LogP) is 3.24. The van der Waals surface area contributed by atoms with Crippen LogP contribution in [0.25, 0.3) is 0 Å². The van der Waals surface area contributed by atoms with Gasteiger partial charge in [-0.25, -0.2) is 0 Å². The summed E-state index contributed by atoms with van der Waals surface area (Å²) in [4.78, 5) is 16.4. The molecule has 1 atom stereocenters. The van der Waals surface area contributed by atoms with Crippen LogP contribution in [-0.4, -0.2) is 17.0 Å². The van der Waals surface area contributed by atoms with Crippen molar-refractivity contribution in [1.82, 2.24) is 10.3 Å². The van der Waals surface area contributed by atoms with Gasteiger partial charge < -0.3 is 15.8 Å². The second-order valence-electron chi connectivity index (χ2n) is 5.67. The Bertz CT molecular complexity index is 677. The topological polar surface area (TPSA) is 77.2 Å². The zero-order valence-corrected chi connectivity index (χ0v) is 15.0. The van der Waals surface area contributed by atoms with E-state index in [1.165, 1.54) is 0 Å². The fourth-order valence-corrected chi connectivity index (χ4v) is 2.22. The molecule has 2 rings (SSSR count). The number of carbonyl (C=O) groups excluding carboxylic acids is 1. The number of carbonyl (C=O) groups is 1. The number of amides is 1. The predicted molar refractivity (Wildman–Crippen MR) is 97.5 cm³/mol. The molecule has 2 aromatic rings. The second-order valence-corrected chi connectivity index (χ2v) is 5.67. The molecule has 0 saturated carbocycles. The number of nitrogens with one attached hydrogen (secondary N) is 1. The molecule has 0 aliphatic heterocycles. The van der Waals surface area contributed by atoms with Crippen LogP contribution < -0.4 is 15.8 Å². The number of aromatic nitrogens is 1. The summed E-state index contributed by atoms with van der Waals surface area (Å²) in [7, 11) is 0. The highest BCUT2D eigenvalue weighted by molar-refractivity contribution is 5.94. The quantitative estimate of drug-likeness (QED) is 0.839. The van der Waals surface area contributed by atoms with Gasteiger partial charge in [0.25, 0.3) is 5.91 Å². The van der Waals surface area contributed by atoms with Crippen molar-refractivity contribution in [1.29, 1.82) is 0 Å². The van der Waals surface area contributed by atoms with Crippen molar-refractivity contribution in [2.45, 2.75) is 39.5 Å². The van der Waals surface area contributed by atoms with Crippen molar-refractivity contribution in [2.24, 2.45) is 5.73 Å². The van der Waals surface area contributed by atoms with Crippen LogP contribution in [0.3, 0.4) is 0 Å². The number of rotatable bonds is 6. The van der Waals surface area contributed by atoms with E-state index in [0.29, 0.717) is 17.8 Å². The molecule has 130 valence electrons. The molecule has 0 fully saturated rings. The van der Waals surface area contributed by atoms with Gasteiger partial charge in [-0.2, -0.15) is 0 Å². The maximum absolute atomic E-state index is 12.3. The van der Waals surface area contributed by atoms with Crippen molar-refractivity contribution in [3.63, 3.8) is 0 Å². The summed E-state index contributed by atoms with van der Waals surface area (Å²) in [5.41, 5.74) is 7.80. The second kappa shape index (κ2) is 9.25. The van der Waals surface area contributed by atoms with Crippen molar-refractivity contribution >= 4 is 18.3 Å². The first kappa shape index (κ1) is 19.9. The summed E-state index contributed by atoms with van der Waals surface area (Å²) in [6, 6.07) is 11.0. The van der Waals surface area contributed by atoms with E-state index in [4.69, 9.17) is 10.5 Å². The van der Waals surface area contributed by atoms with Gasteiger partial charge in [-0.15, -0.1) is 12.4 Å². The van der Waals surface area contributed by atoms with E-state index in [0.717, 1.165) is 11.3 Å². The number of hydrogen-bond donors (Lipinski definition) is 2. The minimum absolute atomic E-state index is 0. The molecule has 0 radical (unpaired) electrons. The zero-order chi connectivity index (χ0) is 16.8. The average molecular weight is 350 g/mol. The summed E-state index contributed by atoms with van der Waals surface area (Å²) >= 11 is 0.